The third-order valence-electron chi connectivity index (χ3n) is 5.86. The molecule has 31 heavy (non-hydrogen) atoms. The van der Waals surface area contributed by atoms with E-state index in [0.29, 0.717) is 23.7 Å². The van der Waals surface area contributed by atoms with Crippen LogP contribution in [0.5, 0.6) is 11.5 Å². The lowest BCUT2D eigenvalue weighted by Gasteiger charge is -2.38. The molecule has 2 N–H and O–H groups in total. The monoisotopic (exact) mass is 425 g/mol. The van der Waals surface area contributed by atoms with Crippen molar-refractivity contribution in [1.82, 2.24) is 15.1 Å². The number of carbonyl (C=O) groups excluding carboxylic acids is 1. The predicted octanol–water partition coefficient (Wildman–Crippen LogP) is 2.59. The summed E-state index contributed by atoms with van der Waals surface area (Å²) in [6.07, 6.45) is 0. The molecule has 0 unspecified atom stereocenters. The van der Waals surface area contributed by atoms with Gasteiger partial charge in [-0.1, -0.05) is 12.1 Å². The molecule has 0 spiro atoms. The fourth-order valence-electron chi connectivity index (χ4n) is 3.92. The van der Waals surface area contributed by atoms with E-state index in [9.17, 15) is 4.79 Å². The standard InChI is InChI=1S/C23H31N5O3/c1-26(2)19-7-4-17(5-8-19)20(28-12-10-27(3)11-13-28)15-24-23(29)25-18-6-9-21-22(14-18)31-16-30-21/h4-9,14,20H,10-13,15-16H2,1-3H3,(H2,24,25,29)/t20-/m0/s1. The zero-order valence-corrected chi connectivity index (χ0v) is 18.4. The van der Waals surface area contributed by atoms with Crippen molar-refractivity contribution in [3.63, 3.8) is 0 Å². The van der Waals surface area contributed by atoms with Crippen molar-refractivity contribution in [3.05, 3.63) is 48.0 Å². The van der Waals surface area contributed by atoms with E-state index in [1.165, 1.54) is 5.56 Å². The molecular weight excluding hydrogens is 394 g/mol. The van der Waals surface area contributed by atoms with E-state index < -0.39 is 0 Å². The van der Waals surface area contributed by atoms with Crippen LogP contribution in [0.1, 0.15) is 11.6 Å². The average molecular weight is 426 g/mol. The number of likely N-dealkylation sites (N-methyl/N-ethyl adjacent to an activating group) is 1. The minimum atomic E-state index is -0.233. The Morgan fingerprint density at radius 3 is 2.45 bits per heavy atom. The van der Waals surface area contributed by atoms with Crippen molar-refractivity contribution in [3.8, 4) is 11.5 Å². The first-order valence-corrected chi connectivity index (χ1v) is 10.6. The van der Waals surface area contributed by atoms with Gasteiger partial charge in [-0.2, -0.15) is 0 Å². The molecule has 2 heterocycles. The molecule has 0 aliphatic carbocycles. The summed E-state index contributed by atoms with van der Waals surface area (Å²) in [5.74, 6) is 1.34. The lowest BCUT2D eigenvalue weighted by atomic mass is 10.0. The quantitative estimate of drug-likeness (QED) is 0.742. The lowest BCUT2D eigenvalue weighted by molar-refractivity contribution is 0.111. The Hall–Kier alpha value is -2.97. The fraction of sp³-hybridized carbons (Fsp3) is 0.435. The molecule has 2 amide bonds. The van der Waals surface area contributed by atoms with Gasteiger partial charge in [0.2, 0.25) is 6.79 Å². The van der Waals surface area contributed by atoms with Crippen LogP contribution in [-0.2, 0) is 0 Å². The number of hydrogen-bond acceptors (Lipinski definition) is 6. The Labute approximate surface area is 183 Å². The molecule has 1 atom stereocenters. The number of amides is 2. The molecule has 2 aromatic rings. The highest BCUT2D eigenvalue weighted by molar-refractivity contribution is 5.89. The number of nitrogens with zero attached hydrogens (tertiary/aromatic N) is 3. The van der Waals surface area contributed by atoms with Crippen molar-refractivity contribution in [2.75, 3.05) is 70.9 Å². The molecular formula is C23H31N5O3. The van der Waals surface area contributed by atoms with E-state index in [1.54, 1.807) is 12.1 Å². The van der Waals surface area contributed by atoms with Crippen LogP contribution in [0.4, 0.5) is 16.2 Å². The highest BCUT2D eigenvalue weighted by atomic mass is 16.7. The average Bonchev–Trinajstić information content (AvgIpc) is 3.23. The van der Waals surface area contributed by atoms with Gasteiger partial charge in [0.25, 0.3) is 0 Å². The number of piperazine rings is 1. The topological polar surface area (TPSA) is 69.3 Å². The Morgan fingerprint density at radius 1 is 1.03 bits per heavy atom. The van der Waals surface area contributed by atoms with Crippen LogP contribution < -0.4 is 25.0 Å². The molecule has 1 saturated heterocycles. The van der Waals surface area contributed by atoms with Crippen molar-refractivity contribution in [2.45, 2.75) is 6.04 Å². The maximum Gasteiger partial charge on any atom is 0.319 e. The second-order valence-corrected chi connectivity index (χ2v) is 8.24. The van der Waals surface area contributed by atoms with E-state index in [2.05, 4.69) is 56.6 Å². The summed E-state index contributed by atoms with van der Waals surface area (Å²) in [5.41, 5.74) is 3.04. The molecule has 8 nitrogen and oxygen atoms in total. The Balaban J connectivity index is 1.42. The van der Waals surface area contributed by atoms with Gasteiger partial charge in [0, 0.05) is 64.3 Å². The number of rotatable bonds is 6. The van der Waals surface area contributed by atoms with Crippen molar-refractivity contribution < 1.29 is 14.3 Å². The van der Waals surface area contributed by atoms with Crippen molar-refractivity contribution in [1.29, 1.82) is 0 Å². The minimum Gasteiger partial charge on any atom is -0.454 e. The number of anilines is 2. The first-order valence-electron chi connectivity index (χ1n) is 10.6. The third-order valence-corrected chi connectivity index (χ3v) is 5.86. The van der Waals surface area contributed by atoms with Crippen LogP contribution in [0.2, 0.25) is 0 Å². The molecule has 2 aromatic carbocycles. The van der Waals surface area contributed by atoms with Gasteiger partial charge in [-0.3, -0.25) is 4.90 Å². The molecule has 166 valence electrons. The van der Waals surface area contributed by atoms with Gasteiger partial charge >= 0.3 is 6.03 Å². The SMILES string of the molecule is CN1CCN([C@@H](CNC(=O)Nc2ccc3c(c2)OCO3)c2ccc(N(C)C)cc2)CC1. The smallest absolute Gasteiger partial charge is 0.319 e. The maximum absolute atomic E-state index is 12.6. The molecule has 2 aliphatic rings. The number of benzene rings is 2. The van der Waals surface area contributed by atoms with E-state index in [-0.39, 0.29) is 18.9 Å². The van der Waals surface area contributed by atoms with Gasteiger partial charge in [-0.05, 0) is 36.9 Å². The van der Waals surface area contributed by atoms with E-state index in [4.69, 9.17) is 9.47 Å². The molecule has 0 saturated carbocycles. The summed E-state index contributed by atoms with van der Waals surface area (Å²) in [4.78, 5) is 19.5. The second kappa shape index (κ2) is 9.45. The van der Waals surface area contributed by atoms with Crippen molar-refractivity contribution >= 4 is 17.4 Å². The van der Waals surface area contributed by atoms with Crippen molar-refractivity contribution in [2.24, 2.45) is 0 Å². The van der Waals surface area contributed by atoms with E-state index >= 15 is 0 Å². The summed E-state index contributed by atoms with van der Waals surface area (Å²) in [6.45, 7) is 4.74. The maximum atomic E-state index is 12.6. The van der Waals surface area contributed by atoms with Gasteiger partial charge < -0.3 is 29.9 Å². The summed E-state index contributed by atoms with van der Waals surface area (Å²) >= 11 is 0. The number of fused-ring (bicyclic) bond motifs is 1. The third kappa shape index (κ3) is 5.21. The molecule has 2 aliphatic heterocycles. The first kappa shape index (κ1) is 21.3. The first-order chi connectivity index (χ1) is 15.0. The Morgan fingerprint density at radius 2 is 1.74 bits per heavy atom. The molecule has 8 heteroatoms. The molecule has 0 bridgehead atoms. The number of nitrogens with one attached hydrogen (secondary N) is 2. The summed E-state index contributed by atoms with van der Waals surface area (Å²) < 4.78 is 10.7. The van der Waals surface area contributed by atoms with E-state index in [1.807, 2.05) is 20.2 Å². The lowest BCUT2D eigenvalue weighted by Crippen LogP contribution is -2.48. The molecule has 0 aromatic heterocycles. The number of hydrogen-bond donors (Lipinski definition) is 2. The Bertz CT molecular complexity index is 895. The largest absolute Gasteiger partial charge is 0.454 e. The predicted molar refractivity (Wildman–Crippen MR) is 122 cm³/mol. The van der Waals surface area contributed by atoms with E-state index in [0.717, 1.165) is 31.9 Å². The summed E-state index contributed by atoms with van der Waals surface area (Å²) in [7, 11) is 6.22. The number of ether oxygens (including phenoxy) is 2. The van der Waals surface area contributed by atoms with Gasteiger partial charge in [0.05, 0.1) is 6.04 Å². The van der Waals surface area contributed by atoms with Gasteiger partial charge in [0.15, 0.2) is 11.5 Å². The Kier molecular flexibility index (Phi) is 6.48. The van der Waals surface area contributed by atoms with Crippen LogP contribution >= 0.6 is 0 Å². The van der Waals surface area contributed by atoms with Crippen LogP contribution in [0.3, 0.4) is 0 Å². The van der Waals surface area contributed by atoms with Crippen LogP contribution in [0.25, 0.3) is 0 Å². The molecule has 0 radical (unpaired) electrons. The zero-order chi connectivity index (χ0) is 21.8. The summed E-state index contributed by atoms with van der Waals surface area (Å²) in [6, 6.07) is 13.9. The number of carbonyl (C=O) groups is 1. The zero-order valence-electron chi connectivity index (χ0n) is 18.4. The summed E-state index contributed by atoms with van der Waals surface area (Å²) in [5, 5.41) is 5.95. The minimum absolute atomic E-state index is 0.118. The number of urea groups is 1. The molecule has 1 fully saturated rings. The van der Waals surface area contributed by atoms with Crippen LogP contribution in [-0.4, -0.2) is 76.5 Å². The fourth-order valence-corrected chi connectivity index (χ4v) is 3.92. The highest BCUT2D eigenvalue weighted by Gasteiger charge is 2.24. The van der Waals surface area contributed by atoms with Crippen LogP contribution in [0.15, 0.2) is 42.5 Å². The second-order valence-electron chi connectivity index (χ2n) is 8.24. The van der Waals surface area contributed by atoms with Gasteiger partial charge in [0.1, 0.15) is 0 Å². The van der Waals surface area contributed by atoms with Gasteiger partial charge in [-0.25, -0.2) is 4.79 Å². The molecule has 4 rings (SSSR count). The van der Waals surface area contributed by atoms with Crippen LogP contribution in [0, 0.1) is 0 Å². The van der Waals surface area contributed by atoms with Gasteiger partial charge in [-0.15, -0.1) is 0 Å². The highest BCUT2D eigenvalue weighted by Crippen LogP contribution is 2.34. The normalized spacial score (nSPS) is 17.3.